The number of benzene rings is 4. The Balaban J connectivity index is 1.09. The van der Waals surface area contributed by atoms with E-state index in [-0.39, 0.29) is 47.2 Å². The first kappa shape index (κ1) is 26.8. The van der Waals surface area contributed by atoms with Gasteiger partial charge in [0.15, 0.2) is 10.3 Å². The van der Waals surface area contributed by atoms with Crippen molar-refractivity contribution >= 4 is 65.2 Å². The summed E-state index contributed by atoms with van der Waals surface area (Å²) in [5.74, 6) is -0.382. The molecular weight excluding hydrogens is 593 g/mol. The number of carbonyl (C=O) groups is 2. The minimum Gasteiger partial charge on any atom is -0.508 e. The number of rotatable bonds is 7. The Kier molecular flexibility index (Phi) is 6.35. The molecule has 6 aromatic rings. The number of para-hydroxylation sites is 2. The van der Waals surface area contributed by atoms with Crippen molar-refractivity contribution in [3.05, 3.63) is 108 Å². The summed E-state index contributed by atoms with van der Waals surface area (Å²) < 4.78 is 2.02. The number of hydrogen-bond acceptors (Lipinski definition) is 8. The lowest BCUT2D eigenvalue weighted by Crippen LogP contribution is -2.57. The zero-order valence-corrected chi connectivity index (χ0v) is 24.9. The van der Waals surface area contributed by atoms with Crippen molar-refractivity contribution in [2.24, 2.45) is 11.8 Å². The number of hydrogen-bond donors (Lipinski definition) is 2. The zero-order valence-electron chi connectivity index (χ0n) is 23.3. The van der Waals surface area contributed by atoms with Gasteiger partial charge in [-0.05, 0) is 72.5 Å². The molecule has 0 bridgehead atoms. The van der Waals surface area contributed by atoms with Gasteiger partial charge in [-0.3, -0.25) is 19.4 Å². The summed E-state index contributed by atoms with van der Waals surface area (Å²) in [5, 5.41) is 21.2. The van der Waals surface area contributed by atoms with Crippen LogP contribution in [-0.4, -0.2) is 32.0 Å². The molecule has 44 heavy (non-hydrogen) atoms. The van der Waals surface area contributed by atoms with Crippen molar-refractivity contribution < 1.29 is 19.8 Å². The van der Waals surface area contributed by atoms with E-state index in [1.54, 1.807) is 34.1 Å². The molecule has 2 N–H and O–H groups in total. The molecule has 4 heterocycles. The highest BCUT2D eigenvalue weighted by Crippen LogP contribution is 2.52. The number of aromatic nitrogens is 2. The molecule has 4 atom stereocenters. The van der Waals surface area contributed by atoms with Crippen LogP contribution in [0.2, 0.25) is 0 Å². The number of amides is 2. The quantitative estimate of drug-likeness (QED) is 0.183. The fourth-order valence-electron chi connectivity index (χ4n) is 6.48. The Morgan fingerprint density at radius 1 is 0.568 bits per heavy atom. The molecule has 8 rings (SSSR count). The van der Waals surface area contributed by atoms with Gasteiger partial charge in [0.05, 0.1) is 44.4 Å². The maximum Gasteiger partial charge on any atom is 0.234 e. The van der Waals surface area contributed by atoms with E-state index in [1.807, 2.05) is 72.8 Å². The van der Waals surface area contributed by atoms with E-state index in [0.29, 0.717) is 23.1 Å². The first-order chi connectivity index (χ1) is 21.5. The van der Waals surface area contributed by atoms with Crippen LogP contribution < -0.4 is 9.80 Å². The molecule has 2 aromatic heterocycles. The predicted molar refractivity (Wildman–Crippen MR) is 172 cm³/mol. The lowest BCUT2D eigenvalue weighted by molar-refractivity contribution is -0.134. The van der Waals surface area contributed by atoms with Gasteiger partial charge in [-0.2, -0.15) is 0 Å². The largest absolute Gasteiger partial charge is 0.508 e. The topological polar surface area (TPSA) is 107 Å². The minimum absolute atomic E-state index is 0.0156. The minimum atomic E-state index is -0.337. The number of phenolic OH excluding ortho intramolecular Hbond substituents is 2. The van der Waals surface area contributed by atoms with Crippen molar-refractivity contribution in [1.82, 2.24) is 9.97 Å². The third kappa shape index (κ3) is 4.32. The van der Waals surface area contributed by atoms with Gasteiger partial charge in [0, 0.05) is 0 Å². The predicted octanol–water partition coefficient (Wildman–Crippen LogP) is 7.21. The molecule has 2 amide bonds. The lowest BCUT2D eigenvalue weighted by atomic mass is 9.74. The van der Waals surface area contributed by atoms with Crippen LogP contribution in [0.1, 0.15) is 36.1 Å². The van der Waals surface area contributed by atoms with Gasteiger partial charge < -0.3 is 10.2 Å². The van der Waals surface area contributed by atoms with E-state index in [2.05, 4.69) is 0 Å². The highest BCUT2D eigenvalue weighted by atomic mass is 32.1. The molecule has 2 aliphatic rings. The molecule has 8 nitrogen and oxygen atoms in total. The van der Waals surface area contributed by atoms with Crippen LogP contribution in [-0.2, 0) is 9.59 Å². The highest BCUT2D eigenvalue weighted by Gasteiger charge is 2.53. The van der Waals surface area contributed by atoms with Gasteiger partial charge in [0.2, 0.25) is 11.8 Å². The summed E-state index contributed by atoms with van der Waals surface area (Å²) >= 11 is 2.97. The lowest BCUT2D eigenvalue weighted by Gasteiger charge is -2.49. The van der Waals surface area contributed by atoms with E-state index in [9.17, 15) is 19.8 Å². The molecule has 10 heteroatoms. The first-order valence-corrected chi connectivity index (χ1v) is 16.0. The summed E-state index contributed by atoms with van der Waals surface area (Å²) in [6.45, 7) is 0. The van der Waals surface area contributed by atoms with Gasteiger partial charge in [0.1, 0.15) is 11.5 Å². The van der Waals surface area contributed by atoms with Crippen LogP contribution in [0.15, 0.2) is 97.1 Å². The van der Waals surface area contributed by atoms with E-state index in [1.165, 1.54) is 22.7 Å². The van der Waals surface area contributed by atoms with Crippen LogP contribution in [0.3, 0.4) is 0 Å². The second-order valence-corrected chi connectivity index (χ2v) is 13.2. The van der Waals surface area contributed by atoms with Crippen LogP contribution in [0.4, 0.5) is 10.3 Å². The molecule has 218 valence electrons. The Labute approximate surface area is 260 Å². The number of carbonyl (C=O) groups excluding carboxylic acids is 2. The molecule has 4 aromatic carbocycles. The maximum absolute atomic E-state index is 13.8. The highest BCUT2D eigenvalue weighted by molar-refractivity contribution is 7.22. The van der Waals surface area contributed by atoms with Gasteiger partial charge in [-0.15, -0.1) is 0 Å². The number of thiazole rings is 2. The SMILES string of the molecule is O=C1C(CCC2C(=O)N(c3nc4ccccc4s3)C2c2ccc(O)cc2)C(c2ccc(O)cc2)N1c1nc2ccccc2s1. The third-order valence-electron chi connectivity index (χ3n) is 8.66. The van der Waals surface area contributed by atoms with Crippen LogP contribution in [0, 0.1) is 11.8 Å². The first-order valence-electron chi connectivity index (χ1n) is 14.4. The van der Waals surface area contributed by atoms with Crippen LogP contribution in [0.25, 0.3) is 20.4 Å². The van der Waals surface area contributed by atoms with E-state index < -0.39 is 0 Å². The monoisotopic (exact) mass is 618 g/mol. The normalized spacial score (nSPS) is 21.5. The Morgan fingerprint density at radius 2 is 0.955 bits per heavy atom. The van der Waals surface area contributed by atoms with Crippen molar-refractivity contribution in [2.45, 2.75) is 24.9 Å². The fraction of sp³-hybridized carbons (Fsp3) is 0.176. The molecule has 2 saturated heterocycles. The smallest absolute Gasteiger partial charge is 0.234 e. The van der Waals surface area contributed by atoms with Gasteiger partial charge in [-0.1, -0.05) is 71.2 Å². The second kappa shape index (κ2) is 10.4. The Hall–Kier alpha value is -4.80. The molecule has 0 saturated carbocycles. The third-order valence-corrected chi connectivity index (χ3v) is 10.7. The van der Waals surface area contributed by atoms with Crippen LogP contribution in [0.5, 0.6) is 11.5 Å². The van der Waals surface area contributed by atoms with Crippen molar-refractivity contribution in [1.29, 1.82) is 0 Å². The molecular formula is C34H26N4O4S2. The van der Waals surface area contributed by atoms with E-state index >= 15 is 0 Å². The van der Waals surface area contributed by atoms with Crippen molar-refractivity contribution in [3.8, 4) is 11.5 Å². The molecule has 0 spiro atoms. The summed E-state index contributed by atoms with van der Waals surface area (Å²) in [6, 6.07) is 29.1. The average molecular weight is 619 g/mol. The molecule has 0 aliphatic carbocycles. The fourth-order valence-corrected chi connectivity index (χ4v) is 8.49. The second-order valence-electron chi connectivity index (χ2n) is 11.2. The molecule has 0 radical (unpaired) electrons. The maximum atomic E-state index is 13.8. The van der Waals surface area contributed by atoms with E-state index in [0.717, 1.165) is 31.6 Å². The number of fused-ring (bicyclic) bond motifs is 2. The summed E-state index contributed by atoms with van der Waals surface area (Å²) in [5.41, 5.74) is 3.52. The number of nitrogens with zero attached hydrogens (tertiary/aromatic N) is 4. The number of phenols is 2. The number of aromatic hydroxyl groups is 2. The van der Waals surface area contributed by atoms with Gasteiger partial charge in [0.25, 0.3) is 0 Å². The number of β-lactam (4-membered cyclic amide) rings is 2. The Bertz CT molecular complexity index is 1830. The summed E-state index contributed by atoms with van der Waals surface area (Å²) in [4.78, 5) is 40.6. The van der Waals surface area contributed by atoms with Crippen LogP contribution >= 0.6 is 22.7 Å². The molecule has 2 aliphatic heterocycles. The van der Waals surface area contributed by atoms with E-state index in [4.69, 9.17) is 9.97 Å². The standard InChI is InChI=1S/C34H26N4O4S2/c39-21-13-9-19(10-14-21)29-23(31(41)37(29)33-35-25-5-1-3-7-27(25)43-33)17-18-24-30(20-11-15-22(40)16-12-20)38(32(24)42)34-36-26-6-2-4-8-28(26)44-34/h1-16,23-24,29-30,39-40H,17-18H2. The molecule has 4 unspecified atom stereocenters. The van der Waals surface area contributed by atoms with Crippen molar-refractivity contribution in [3.63, 3.8) is 0 Å². The molecule has 2 fully saturated rings. The van der Waals surface area contributed by atoms with Gasteiger partial charge >= 0.3 is 0 Å². The summed E-state index contributed by atoms with van der Waals surface area (Å²) in [7, 11) is 0. The zero-order chi connectivity index (χ0) is 29.9. The number of anilines is 2. The average Bonchev–Trinajstić information content (AvgIpc) is 3.65. The van der Waals surface area contributed by atoms with Crippen molar-refractivity contribution in [2.75, 3.05) is 9.80 Å². The Morgan fingerprint density at radius 3 is 1.34 bits per heavy atom. The van der Waals surface area contributed by atoms with Gasteiger partial charge in [-0.25, -0.2) is 9.97 Å². The summed E-state index contributed by atoms with van der Waals surface area (Å²) in [6.07, 6.45) is 1.04.